The van der Waals surface area contributed by atoms with E-state index in [-0.39, 0.29) is 0 Å². The average Bonchev–Trinajstić information content (AvgIpc) is 3.43. The highest BCUT2D eigenvalue weighted by molar-refractivity contribution is 7.85. The van der Waals surface area contributed by atoms with Crippen molar-refractivity contribution in [3.05, 3.63) is 192 Å². The number of ether oxygens (including phenoxy) is 1. The molecule has 0 N–H and O–H groups in total. The van der Waals surface area contributed by atoms with Gasteiger partial charge in [-0.1, -0.05) is 152 Å². The van der Waals surface area contributed by atoms with Gasteiger partial charge in [-0.05, 0) is 52.8 Å². The van der Waals surface area contributed by atoms with E-state index in [4.69, 9.17) is 4.74 Å². The normalized spacial score (nSPS) is 17.6. The first-order chi connectivity index (χ1) is 22.7. The minimum absolute atomic E-state index is 0.447. The topological polar surface area (TPSA) is 26.3 Å². The van der Waals surface area contributed by atoms with Crippen LogP contribution in [-0.4, -0.2) is 0 Å². The summed E-state index contributed by atoms with van der Waals surface area (Å²) in [6.45, 7) is 0. The Bertz CT molecular complexity index is 2220. The van der Waals surface area contributed by atoms with Gasteiger partial charge in [0.2, 0.25) is 0 Å². The number of para-hydroxylation sites is 2. The van der Waals surface area contributed by atoms with E-state index < -0.39 is 12.6 Å². The smallest absolute Gasteiger partial charge is 0.171 e. The van der Waals surface area contributed by atoms with Crippen LogP contribution in [0.25, 0.3) is 16.7 Å². The summed E-state index contributed by atoms with van der Waals surface area (Å²) in [5.41, 5.74) is 9.29. The lowest BCUT2D eigenvalue weighted by molar-refractivity contribution is 0.433. The molecule has 1 aliphatic heterocycles. The van der Waals surface area contributed by atoms with Crippen molar-refractivity contribution in [1.82, 2.24) is 0 Å². The van der Waals surface area contributed by atoms with E-state index in [1.165, 1.54) is 27.8 Å². The van der Waals surface area contributed by atoms with Gasteiger partial charge in [0.15, 0.2) is 7.14 Å². The summed E-state index contributed by atoms with van der Waals surface area (Å²) < 4.78 is 22.2. The van der Waals surface area contributed by atoms with Gasteiger partial charge in [-0.25, -0.2) is 0 Å². The second-order valence-electron chi connectivity index (χ2n) is 12.2. The van der Waals surface area contributed by atoms with Gasteiger partial charge >= 0.3 is 0 Å². The van der Waals surface area contributed by atoms with Gasteiger partial charge in [0.05, 0.1) is 5.41 Å². The number of allylic oxidation sites excluding steroid dienone is 4. The van der Waals surface area contributed by atoms with Crippen LogP contribution in [0.4, 0.5) is 0 Å². The van der Waals surface area contributed by atoms with Crippen molar-refractivity contribution in [3.63, 3.8) is 0 Å². The molecule has 1 unspecified atom stereocenters. The molecule has 2 aliphatic carbocycles. The number of hydrogen-bond donors (Lipinski definition) is 0. The predicted octanol–water partition coefficient (Wildman–Crippen LogP) is 9.55. The van der Waals surface area contributed by atoms with E-state index >= 15 is 4.57 Å². The molecule has 3 heteroatoms. The SMILES string of the molecule is O=P(c1ccccc1)(c1ccccc1)c1cccc(-c2cccc3c2Oc2ccccc2C32C3=C(C=CCC3)c3ccccc32)c1. The molecule has 0 fully saturated rings. The number of benzene rings is 6. The van der Waals surface area contributed by atoms with E-state index in [0.717, 1.165) is 56.9 Å². The van der Waals surface area contributed by atoms with Gasteiger partial charge in [0.25, 0.3) is 0 Å². The molecule has 2 nitrogen and oxygen atoms in total. The molecule has 46 heavy (non-hydrogen) atoms. The van der Waals surface area contributed by atoms with Gasteiger partial charge in [0, 0.05) is 32.6 Å². The summed E-state index contributed by atoms with van der Waals surface area (Å²) in [7, 11) is -3.15. The van der Waals surface area contributed by atoms with E-state index in [0.29, 0.717) is 0 Å². The number of hydrogen-bond acceptors (Lipinski definition) is 2. The van der Waals surface area contributed by atoms with Gasteiger partial charge in [0.1, 0.15) is 11.5 Å². The fourth-order valence-corrected chi connectivity index (χ4v) is 10.7. The van der Waals surface area contributed by atoms with Gasteiger partial charge in [-0.3, -0.25) is 0 Å². The fraction of sp³-hybridized carbons (Fsp3) is 0.0698. The molecule has 6 aromatic carbocycles. The van der Waals surface area contributed by atoms with Crippen LogP contribution in [-0.2, 0) is 9.98 Å². The Kier molecular flexibility index (Phi) is 6.17. The largest absolute Gasteiger partial charge is 0.456 e. The van der Waals surface area contributed by atoms with Gasteiger partial charge in [-0.15, -0.1) is 0 Å². The zero-order chi connectivity index (χ0) is 30.7. The molecule has 9 rings (SSSR count). The van der Waals surface area contributed by atoms with Crippen LogP contribution in [0.15, 0.2) is 169 Å². The minimum Gasteiger partial charge on any atom is -0.456 e. The molecule has 1 heterocycles. The Hall–Kier alpha value is -5.17. The van der Waals surface area contributed by atoms with Crippen LogP contribution in [0, 0.1) is 0 Å². The van der Waals surface area contributed by atoms with Crippen molar-refractivity contribution in [2.75, 3.05) is 0 Å². The number of rotatable bonds is 4. The van der Waals surface area contributed by atoms with Crippen molar-refractivity contribution >= 4 is 28.6 Å². The van der Waals surface area contributed by atoms with E-state index in [9.17, 15) is 0 Å². The lowest BCUT2D eigenvalue weighted by atomic mass is 9.63. The molecule has 3 aliphatic rings. The third-order valence-electron chi connectivity index (χ3n) is 9.93. The standard InChI is InChI=1S/C43H31O2P/c44-46(31-16-3-1-4-17-31,32-18-5-2-6-19-32)33-20-13-15-30(29-33)34-23-14-27-40-42(34)45-41-28-12-11-26-39(41)43(40)37-24-9-7-21-35(37)36-22-8-10-25-38(36)43/h1-9,11-24,26-29H,10,25H2. The summed E-state index contributed by atoms with van der Waals surface area (Å²) in [6, 6.07) is 52.0. The molecule has 0 saturated carbocycles. The average molecular weight is 611 g/mol. The Balaban J connectivity index is 1.29. The first kappa shape index (κ1) is 27.2. The van der Waals surface area contributed by atoms with E-state index in [2.05, 4.69) is 91.0 Å². The Labute approximate surface area is 269 Å². The van der Waals surface area contributed by atoms with E-state index in [1.54, 1.807) is 0 Å². The fourth-order valence-electron chi connectivity index (χ4n) is 8.01. The first-order valence-electron chi connectivity index (χ1n) is 15.9. The second-order valence-corrected chi connectivity index (χ2v) is 15.0. The summed E-state index contributed by atoms with van der Waals surface area (Å²) in [5.74, 6) is 1.75. The molecule has 0 radical (unpaired) electrons. The van der Waals surface area contributed by atoms with Crippen molar-refractivity contribution in [2.24, 2.45) is 0 Å². The molecule has 0 aromatic heterocycles. The highest BCUT2D eigenvalue weighted by Crippen LogP contribution is 2.63. The lowest BCUT2D eigenvalue weighted by Crippen LogP contribution is -2.33. The predicted molar refractivity (Wildman–Crippen MR) is 189 cm³/mol. The van der Waals surface area contributed by atoms with Crippen LogP contribution < -0.4 is 20.7 Å². The zero-order valence-corrected chi connectivity index (χ0v) is 26.2. The van der Waals surface area contributed by atoms with Crippen LogP contribution >= 0.6 is 7.14 Å². The molecule has 0 saturated heterocycles. The highest BCUT2D eigenvalue weighted by Gasteiger charge is 2.52. The molecule has 220 valence electrons. The van der Waals surface area contributed by atoms with E-state index in [1.807, 2.05) is 72.8 Å². The van der Waals surface area contributed by atoms with Crippen molar-refractivity contribution < 1.29 is 9.30 Å². The maximum Gasteiger partial charge on any atom is 0.171 e. The molecule has 0 bridgehead atoms. The van der Waals surface area contributed by atoms with Crippen LogP contribution in [0.2, 0.25) is 0 Å². The third kappa shape index (κ3) is 3.74. The van der Waals surface area contributed by atoms with Crippen molar-refractivity contribution in [3.8, 4) is 22.6 Å². The summed E-state index contributed by atoms with van der Waals surface area (Å²) in [5, 5.41) is 2.45. The third-order valence-corrected chi connectivity index (χ3v) is 13.0. The van der Waals surface area contributed by atoms with Crippen molar-refractivity contribution in [1.29, 1.82) is 0 Å². The Morgan fingerprint density at radius 1 is 0.565 bits per heavy atom. The molecule has 6 aromatic rings. The zero-order valence-electron chi connectivity index (χ0n) is 25.3. The van der Waals surface area contributed by atoms with Gasteiger partial charge in [-0.2, -0.15) is 0 Å². The maximum absolute atomic E-state index is 15.3. The van der Waals surface area contributed by atoms with Crippen LogP contribution in [0.1, 0.15) is 35.1 Å². The van der Waals surface area contributed by atoms with Gasteiger partial charge < -0.3 is 9.30 Å². The molecular weight excluding hydrogens is 579 g/mol. The molecule has 1 spiro atoms. The summed E-state index contributed by atoms with van der Waals surface area (Å²) in [6.07, 6.45) is 6.64. The molecule has 1 atom stereocenters. The van der Waals surface area contributed by atoms with Crippen LogP contribution in [0.3, 0.4) is 0 Å². The first-order valence-corrected chi connectivity index (χ1v) is 17.6. The second kappa shape index (κ2) is 10.4. The highest BCUT2D eigenvalue weighted by atomic mass is 31.2. The molecular formula is C43H31O2P. The number of fused-ring (bicyclic) bond motifs is 8. The minimum atomic E-state index is -3.15. The van der Waals surface area contributed by atoms with Crippen molar-refractivity contribution in [2.45, 2.75) is 18.3 Å². The monoisotopic (exact) mass is 610 g/mol. The van der Waals surface area contributed by atoms with Crippen LogP contribution in [0.5, 0.6) is 11.5 Å². The summed E-state index contributed by atoms with van der Waals surface area (Å²) in [4.78, 5) is 0. The Morgan fingerprint density at radius 3 is 1.96 bits per heavy atom. The maximum atomic E-state index is 15.3. The Morgan fingerprint density at radius 2 is 1.17 bits per heavy atom. The quantitative estimate of drug-likeness (QED) is 0.186. The summed E-state index contributed by atoms with van der Waals surface area (Å²) >= 11 is 0. The lowest BCUT2D eigenvalue weighted by Gasteiger charge is -2.41. The molecule has 0 amide bonds.